The first kappa shape index (κ1) is 24.6. The van der Waals surface area contributed by atoms with Crippen LogP contribution in [0.15, 0.2) is 36.4 Å². The third kappa shape index (κ3) is 9.43. The normalized spacial score (nSPS) is 12.3. The van der Waals surface area contributed by atoms with Gasteiger partial charge in [0.05, 0.1) is 6.61 Å². The quantitative estimate of drug-likeness (QED) is 0.306. The molecule has 8 heteroatoms. The molecule has 0 heterocycles. The summed E-state index contributed by atoms with van der Waals surface area (Å²) in [5, 5.41) is 2.96. The van der Waals surface area contributed by atoms with Crippen molar-refractivity contribution in [3.63, 3.8) is 0 Å². The van der Waals surface area contributed by atoms with Crippen molar-refractivity contribution in [3.8, 4) is 0 Å². The molecular formula is C22H29F3NO3P. The van der Waals surface area contributed by atoms with Crippen LogP contribution in [0, 0.1) is 17.5 Å². The van der Waals surface area contributed by atoms with Gasteiger partial charge in [-0.15, -0.1) is 0 Å². The van der Waals surface area contributed by atoms with Crippen LogP contribution in [0.4, 0.5) is 13.2 Å². The summed E-state index contributed by atoms with van der Waals surface area (Å²) in [5.41, 5.74) is 1.61. The van der Waals surface area contributed by atoms with E-state index in [-0.39, 0.29) is 24.5 Å². The highest BCUT2D eigenvalue weighted by atomic mass is 31.1. The molecule has 0 aliphatic carbocycles. The molecule has 2 aromatic carbocycles. The van der Waals surface area contributed by atoms with Gasteiger partial charge in [-0.1, -0.05) is 25.0 Å². The zero-order chi connectivity index (χ0) is 21.8. The number of hydrogen-bond donors (Lipinski definition) is 2. The fraction of sp³-hybridized carbons (Fsp3) is 0.455. The largest absolute Gasteiger partial charge is 0.326 e. The van der Waals surface area contributed by atoms with E-state index in [1.165, 1.54) is 18.2 Å². The Kier molecular flexibility index (Phi) is 11.2. The molecule has 0 aromatic heterocycles. The lowest BCUT2D eigenvalue weighted by atomic mass is 10.0. The third-order valence-electron chi connectivity index (χ3n) is 4.80. The van der Waals surface area contributed by atoms with Crippen molar-refractivity contribution >= 4 is 8.25 Å². The molecule has 0 bridgehead atoms. The zero-order valence-electron chi connectivity index (χ0n) is 16.9. The molecule has 0 spiro atoms. The molecule has 0 aliphatic heterocycles. The topological polar surface area (TPSA) is 58.6 Å². The summed E-state index contributed by atoms with van der Waals surface area (Å²) in [6.07, 6.45) is 5.36. The molecule has 0 saturated carbocycles. The maximum atomic E-state index is 14.3. The van der Waals surface area contributed by atoms with Gasteiger partial charge >= 0.3 is 8.25 Å². The first-order valence-corrected chi connectivity index (χ1v) is 11.5. The van der Waals surface area contributed by atoms with Crippen LogP contribution in [-0.4, -0.2) is 18.0 Å². The molecule has 166 valence electrons. The van der Waals surface area contributed by atoms with Crippen LogP contribution in [0.25, 0.3) is 0 Å². The summed E-state index contributed by atoms with van der Waals surface area (Å²) in [6.45, 7) is 0.782. The molecule has 2 aromatic rings. The van der Waals surface area contributed by atoms with E-state index in [4.69, 9.17) is 4.89 Å². The summed E-state index contributed by atoms with van der Waals surface area (Å²) < 4.78 is 56.6. The van der Waals surface area contributed by atoms with Crippen molar-refractivity contribution in [2.24, 2.45) is 0 Å². The minimum Gasteiger partial charge on any atom is -0.326 e. The molecule has 0 fully saturated rings. The molecule has 0 aliphatic rings. The van der Waals surface area contributed by atoms with Gasteiger partial charge < -0.3 is 14.7 Å². The number of aryl methyl sites for hydroxylation is 2. The Morgan fingerprint density at radius 1 is 0.900 bits per heavy atom. The number of unbranched alkanes of at least 4 members (excludes halogenated alkanes) is 3. The Morgan fingerprint density at radius 3 is 2.33 bits per heavy atom. The van der Waals surface area contributed by atoms with Gasteiger partial charge in [-0.2, -0.15) is 0 Å². The summed E-state index contributed by atoms with van der Waals surface area (Å²) in [7, 11) is -2.92. The van der Waals surface area contributed by atoms with Gasteiger partial charge in [-0.25, -0.2) is 13.2 Å². The Labute approximate surface area is 176 Å². The zero-order valence-corrected chi connectivity index (χ0v) is 17.9. The maximum absolute atomic E-state index is 14.3. The Morgan fingerprint density at radius 2 is 1.60 bits per heavy atom. The molecule has 0 saturated heterocycles. The highest BCUT2D eigenvalue weighted by molar-refractivity contribution is 7.32. The van der Waals surface area contributed by atoms with Gasteiger partial charge in [0.2, 0.25) is 0 Å². The molecule has 4 nitrogen and oxygen atoms in total. The molecule has 1 unspecified atom stereocenters. The molecule has 2 rings (SSSR count). The average molecular weight is 443 g/mol. The van der Waals surface area contributed by atoms with E-state index < -0.39 is 19.9 Å². The molecular weight excluding hydrogens is 414 g/mol. The van der Waals surface area contributed by atoms with Crippen LogP contribution in [0.2, 0.25) is 0 Å². The summed E-state index contributed by atoms with van der Waals surface area (Å²) >= 11 is 0. The minimum atomic E-state index is -2.92. The van der Waals surface area contributed by atoms with Gasteiger partial charge in [-0.3, -0.25) is 4.57 Å². The van der Waals surface area contributed by atoms with Crippen LogP contribution in [0.1, 0.15) is 48.8 Å². The second-order valence-corrected chi connectivity index (χ2v) is 8.04. The SMILES string of the molecule is O=[PH](O)OCCCNCc1cc(F)c(CCCCCCc2cccc(F)c2)cc1F. The Bertz CT molecular complexity index is 820. The first-order valence-electron chi connectivity index (χ1n) is 10.2. The number of rotatable bonds is 14. The molecule has 0 amide bonds. The monoisotopic (exact) mass is 443 g/mol. The lowest BCUT2D eigenvalue weighted by molar-refractivity contribution is 0.276. The Hall–Kier alpha value is -1.66. The maximum Gasteiger partial charge on any atom is 0.316 e. The van der Waals surface area contributed by atoms with E-state index in [9.17, 15) is 17.7 Å². The highest BCUT2D eigenvalue weighted by Crippen LogP contribution is 2.18. The predicted molar refractivity (Wildman–Crippen MR) is 112 cm³/mol. The van der Waals surface area contributed by atoms with Crippen molar-refractivity contribution < 1.29 is 27.2 Å². The summed E-state index contributed by atoms with van der Waals surface area (Å²) in [4.78, 5) is 8.54. The molecule has 1 atom stereocenters. The van der Waals surface area contributed by atoms with Crippen molar-refractivity contribution in [2.75, 3.05) is 13.2 Å². The van der Waals surface area contributed by atoms with Gasteiger partial charge in [0.25, 0.3) is 0 Å². The lowest BCUT2D eigenvalue weighted by Crippen LogP contribution is -2.17. The first-order chi connectivity index (χ1) is 14.5. The number of nitrogens with one attached hydrogen (secondary N) is 1. The second-order valence-electron chi connectivity index (χ2n) is 7.22. The van der Waals surface area contributed by atoms with Gasteiger partial charge in [-0.05, 0) is 74.0 Å². The number of halogens is 3. The fourth-order valence-corrected chi connectivity index (χ4v) is 3.55. The van der Waals surface area contributed by atoms with Crippen molar-refractivity contribution in [1.82, 2.24) is 5.32 Å². The van der Waals surface area contributed by atoms with Gasteiger partial charge in [0.1, 0.15) is 17.5 Å². The van der Waals surface area contributed by atoms with Gasteiger partial charge in [0, 0.05) is 12.1 Å². The highest BCUT2D eigenvalue weighted by Gasteiger charge is 2.10. The van der Waals surface area contributed by atoms with Crippen LogP contribution in [-0.2, 0) is 28.5 Å². The Balaban J connectivity index is 1.66. The van der Waals surface area contributed by atoms with E-state index >= 15 is 0 Å². The van der Waals surface area contributed by atoms with Crippen LogP contribution in [0.5, 0.6) is 0 Å². The van der Waals surface area contributed by atoms with E-state index in [1.54, 1.807) is 12.1 Å². The fourth-order valence-electron chi connectivity index (χ4n) is 3.23. The summed E-state index contributed by atoms with van der Waals surface area (Å²) in [5.74, 6) is -1.07. The number of benzene rings is 2. The third-order valence-corrected chi connectivity index (χ3v) is 5.26. The lowest BCUT2D eigenvalue weighted by Gasteiger charge is -2.10. The van der Waals surface area contributed by atoms with E-state index in [2.05, 4.69) is 9.84 Å². The smallest absolute Gasteiger partial charge is 0.316 e. The van der Waals surface area contributed by atoms with E-state index in [0.29, 0.717) is 24.9 Å². The van der Waals surface area contributed by atoms with Crippen LogP contribution >= 0.6 is 8.25 Å². The average Bonchev–Trinajstić information content (AvgIpc) is 2.70. The van der Waals surface area contributed by atoms with Crippen molar-refractivity contribution in [3.05, 3.63) is 70.5 Å². The van der Waals surface area contributed by atoms with Gasteiger partial charge in [0.15, 0.2) is 0 Å². The standard InChI is InChI=1S/C22H29F3NO3P/c23-20-10-5-8-17(13-20)7-3-1-2-4-9-18-14-22(25)19(15-21(18)24)16-26-11-6-12-29-30(27)28/h5,8,10,13-15,26,30H,1-4,6-7,9,11-12,16H2,(H,27,28). The second kappa shape index (κ2) is 13.6. The van der Waals surface area contributed by atoms with Crippen molar-refractivity contribution in [2.45, 2.75) is 51.5 Å². The number of hydrogen-bond acceptors (Lipinski definition) is 3. The predicted octanol–water partition coefficient (Wildman–Crippen LogP) is 5.33. The van der Waals surface area contributed by atoms with E-state index in [1.807, 2.05) is 6.07 Å². The minimum absolute atomic E-state index is 0.138. The molecule has 2 N–H and O–H groups in total. The van der Waals surface area contributed by atoms with Crippen LogP contribution in [0.3, 0.4) is 0 Å². The van der Waals surface area contributed by atoms with Crippen molar-refractivity contribution in [1.29, 1.82) is 0 Å². The molecule has 0 radical (unpaired) electrons. The van der Waals surface area contributed by atoms with Crippen LogP contribution < -0.4 is 5.32 Å². The summed E-state index contributed by atoms with van der Waals surface area (Å²) in [6, 6.07) is 9.07. The molecule has 30 heavy (non-hydrogen) atoms. The van der Waals surface area contributed by atoms with E-state index in [0.717, 1.165) is 37.7 Å².